The molecule has 0 fully saturated rings. The molecule has 9 heteroatoms. The molecule has 0 spiro atoms. The van der Waals surface area contributed by atoms with E-state index in [9.17, 15) is 20.2 Å². The zero-order valence-electron chi connectivity index (χ0n) is 10.4. The van der Waals surface area contributed by atoms with Gasteiger partial charge in [-0.05, 0) is 34.9 Å². The number of benzene rings is 2. The molecule has 0 heterocycles. The van der Waals surface area contributed by atoms with Crippen molar-refractivity contribution in [2.75, 3.05) is 0 Å². The van der Waals surface area contributed by atoms with Gasteiger partial charge in [-0.1, -0.05) is 11.2 Å². The van der Waals surface area contributed by atoms with Gasteiger partial charge >= 0.3 is 0 Å². The van der Waals surface area contributed by atoms with Crippen molar-refractivity contribution in [3.05, 3.63) is 73.1 Å². The molecule has 21 heavy (non-hydrogen) atoms. The quantitative estimate of drug-likeness (QED) is 0.274. The third-order valence-corrected chi connectivity index (χ3v) is 2.74. The molecule has 0 aromatic heterocycles. The fraction of sp³-hybridized carbons (Fsp3) is 0. The van der Waals surface area contributed by atoms with Gasteiger partial charge in [0.1, 0.15) is 5.69 Å². The Morgan fingerprint density at radius 1 is 0.952 bits per heavy atom. The first-order chi connectivity index (χ1) is 10.0. The maximum Gasteiger partial charge on any atom is 0.279 e. The van der Waals surface area contributed by atoms with E-state index >= 15 is 0 Å². The second kappa shape index (κ2) is 5.68. The molecule has 0 bridgehead atoms. The van der Waals surface area contributed by atoms with Crippen molar-refractivity contribution in [1.82, 2.24) is 0 Å². The molecular weight excluding hydrogens is 278 g/mol. The molecule has 2 aromatic carbocycles. The summed E-state index contributed by atoms with van der Waals surface area (Å²) in [6, 6.07) is 9.72. The molecule has 0 unspecified atom stereocenters. The highest BCUT2D eigenvalue weighted by Gasteiger charge is 2.14. The van der Waals surface area contributed by atoms with Crippen molar-refractivity contribution < 1.29 is 9.85 Å². The van der Waals surface area contributed by atoms with Gasteiger partial charge in [-0.15, -0.1) is 0 Å². The third kappa shape index (κ3) is 2.94. The van der Waals surface area contributed by atoms with E-state index in [0.29, 0.717) is 11.1 Å². The van der Waals surface area contributed by atoms with Crippen LogP contribution in [0.25, 0.3) is 21.6 Å². The Labute approximate surface area is 117 Å². The third-order valence-electron chi connectivity index (χ3n) is 2.74. The normalized spacial score (nSPS) is 9.71. The molecule has 0 atom stereocenters. The highest BCUT2D eigenvalue weighted by molar-refractivity contribution is 5.72. The summed E-state index contributed by atoms with van der Waals surface area (Å²) in [5.74, 6) is 0. The van der Waals surface area contributed by atoms with Gasteiger partial charge in [-0.3, -0.25) is 20.2 Å². The van der Waals surface area contributed by atoms with E-state index in [1.54, 1.807) is 0 Å². The first-order valence-corrected chi connectivity index (χ1v) is 5.61. The van der Waals surface area contributed by atoms with Crippen LogP contribution in [0, 0.1) is 20.2 Å². The van der Waals surface area contributed by atoms with Gasteiger partial charge in [0.25, 0.3) is 11.4 Å². The van der Waals surface area contributed by atoms with Crippen LogP contribution in [0.3, 0.4) is 0 Å². The van der Waals surface area contributed by atoms with Crippen molar-refractivity contribution in [2.24, 2.45) is 5.11 Å². The van der Waals surface area contributed by atoms with Crippen molar-refractivity contribution in [3.63, 3.8) is 0 Å². The highest BCUT2D eigenvalue weighted by Crippen LogP contribution is 2.33. The van der Waals surface area contributed by atoms with E-state index in [-0.39, 0.29) is 17.1 Å². The van der Waals surface area contributed by atoms with Crippen LogP contribution in [0.4, 0.5) is 17.1 Å². The maximum atomic E-state index is 11.0. The fourth-order valence-electron chi connectivity index (χ4n) is 1.76. The molecule has 0 saturated heterocycles. The minimum Gasteiger partial charge on any atom is -0.258 e. The SMILES string of the molecule is [N-]=[N+]=Nc1ccc(-c2ccc([N+](=O)[O-])cc2)cc1[N+](=O)[O-]. The Hall–Kier alpha value is -3.45. The zero-order chi connectivity index (χ0) is 15.4. The molecule has 0 aliphatic carbocycles. The zero-order valence-corrected chi connectivity index (χ0v) is 10.4. The minimum absolute atomic E-state index is 0.0704. The molecule has 2 aromatic rings. The molecule has 0 aliphatic heterocycles. The fourth-order valence-corrected chi connectivity index (χ4v) is 1.76. The number of azide groups is 1. The Kier molecular flexibility index (Phi) is 3.78. The van der Waals surface area contributed by atoms with Gasteiger partial charge in [0.05, 0.1) is 9.85 Å². The minimum atomic E-state index is -0.654. The maximum absolute atomic E-state index is 11.0. The summed E-state index contributed by atoms with van der Waals surface area (Å²) >= 11 is 0. The number of nitro benzene ring substituents is 2. The van der Waals surface area contributed by atoms with E-state index in [1.165, 1.54) is 42.5 Å². The van der Waals surface area contributed by atoms with Crippen LogP contribution in [-0.4, -0.2) is 9.85 Å². The molecule has 0 aliphatic rings. The first-order valence-electron chi connectivity index (χ1n) is 5.61. The van der Waals surface area contributed by atoms with Crippen LogP contribution in [0.15, 0.2) is 47.6 Å². The van der Waals surface area contributed by atoms with Crippen molar-refractivity contribution in [1.29, 1.82) is 0 Å². The average Bonchev–Trinajstić information content (AvgIpc) is 2.48. The second-order valence-electron chi connectivity index (χ2n) is 3.95. The van der Waals surface area contributed by atoms with Crippen LogP contribution < -0.4 is 0 Å². The number of nitrogens with zero attached hydrogens (tertiary/aromatic N) is 5. The van der Waals surface area contributed by atoms with Gasteiger partial charge < -0.3 is 0 Å². The predicted octanol–water partition coefficient (Wildman–Crippen LogP) is 4.11. The molecule has 0 amide bonds. The summed E-state index contributed by atoms with van der Waals surface area (Å²) in [7, 11) is 0. The van der Waals surface area contributed by atoms with E-state index in [0.717, 1.165) is 0 Å². The van der Waals surface area contributed by atoms with Crippen LogP contribution in [0.5, 0.6) is 0 Å². The van der Waals surface area contributed by atoms with Gasteiger partial charge in [0.2, 0.25) is 0 Å². The number of hydrogen-bond acceptors (Lipinski definition) is 5. The summed E-state index contributed by atoms with van der Waals surface area (Å²) in [5, 5.41) is 24.8. The molecule has 0 radical (unpaired) electrons. The van der Waals surface area contributed by atoms with Gasteiger partial charge in [0.15, 0.2) is 0 Å². The van der Waals surface area contributed by atoms with Crippen LogP contribution >= 0.6 is 0 Å². The molecule has 9 nitrogen and oxygen atoms in total. The summed E-state index contributed by atoms with van der Waals surface area (Å²) in [5.41, 5.74) is 8.95. The Balaban J connectivity index is 2.49. The molecular formula is C12H7N5O4. The highest BCUT2D eigenvalue weighted by atomic mass is 16.6. The largest absolute Gasteiger partial charge is 0.279 e. The Morgan fingerprint density at radius 2 is 1.57 bits per heavy atom. The first kappa shape index (κ1) is 14.0. The number of hydrogen-bond donors (Lipinski definition) is 0. The van der Waals surface area contributed by atoms with Crippen molar-refractivity contribution in [3.8, 4) is 11.1 Å². The second-order valence-corrected chi connectivity index (χ2v) is 3.95. The van der Waals surface area contributed by atoms with Crippen LogP contribution in [-0.2, 0) is 0 Å². The lowest BCUT2D eigenvalue weighted by molar-refractivity contribution is -0.384. The summed E-state index contributed by atoms with van der Waals surface area (Å²) < 4.78 is 0. The van der Waals surface area contributed by atoms with Gasteiger partial charge in [-0.25, -0.2) is 0 Å². The average molecular weight is 285 g/mol. The van der Waals surface area contributed by atoms with Crippen molar-refractivity contribution in [2.45, 2.75) is 0 Å². The van der Waals surface area contributed by atoms with Crippen molar-refractivity contribution >= 4 is 17.1 Å². The van der Waals surface area contributed by atoms with E-state index in [4.69, 9.17) is 5.53 Å². The lowest BCUT2D eigenvalue weighted by Crippen LogP contribution is -1.90. The van der Waals surface area contributed by atoms with Gasteiger partial charge in [0, 0.05) is 23.1 Å². The summed E-state index contributed by atoms with van der Waals surface area (Å²) in [6.07, 6.45) is 0. The summed E-state index contributed by atoms with van der Waals surface area (Å²) in [4.78, 5) is 22.9. The van der Waals surface area contributed by atoms with Crippen LogP contribution in [0.1, 0.15) is 0 Å². The Bertz CT molecular complexity index is 766. The Morgan fingerprint density at radius 3 is 2.10 bits per heavy atom. The number of non-ortho nitro benzene ring substituents is 1. The molecule has 0 saturated carbocycles. The molecule has 104 valence electrons. The summed E-state index contributed by atoms with van der Waals surface area (Å²) in [6.45, 7) is 0. The smallest absolute Gasteiger partial charge is 0.258 e. The van der Waals surface area contributed by atoms with Gasteiger partial charge in [-0.2, -0.15) is 0 Å². The number of nitro groups is 2. The lowest BCUT2D eigenvalue weighted by Gasteiger charge is -2.03. The number of rotatable bonds is 4. The topological polar surface area (TPSA) is 135 Å². The van der Waals surface area contributed by atoms with E-state index in [1.807, 2.05) is 0 Å². The van der Waals surface area contributed by atoms with E-state index in [2.05, 4.69) is 10.0 Å². The lowest BCUT2D eigenvalue weighted by atomic mass is 10.0. The van der Waals surface area contributed by atoms with E-state index < -0.39 is 9.85 Å². The molecule has 0 N–H and O–H groups in total. The standard InChI is InChI=1S/C12H7N5O4/c13-15-14-11-6-3-9(7-12(11)17(20)21)8-1-4-10(5-2-8)16(18)19/h1-7H. The molecule has 2 rings (SSSR count). The monoisotopic (exact) mass is 285 g/mol. The predicted molar refractivity (Wildman–Crippen MR) is 74.0 cm³/mol. The van der Waals surface area contributed by atoms with Crippen LogP contribution in [0.2, 0.25) is 0 Å².